The van der Waals surface area contributed by atoms with Crippen LogP contribution in [0.5, 0.6) is 0 Å². The average Bonchev–Trinajstić information content (AvgIpc) is 3.22. The zero-order valence-corrected chi connectivity index (χ0v) is 16.1. The number of rotatable bonds is 6. The molecule has 0 unspecified atom stereocenters. The summed E-state index contributed by atoms with van der Waals surface area (Å²) in [5, 5.41) is 2.81. The van der Waals surface area contributed by atoms with Crippen LogP contribution in [0, 0.1) is 0 Å². The van der Waals surface area contributed by atoms with Crippen LogP contribution >= 0.6 is 0 Å². The van der Waals surface area contributed by atoms with E-state index >= 15 is 0 Å². The lowest BCUT2D eigenvalue weighted by Crippen LogP contribution is -2.28. The Bertz CT molecular complexity index is 813. The summed E-state index contributed by atoms with van der Waals surface area (Å²) in [6, 6.07) is 15.4. The Hall–Kier alpha value is -2.82. The molecule has 2 aromatic rings. The third-order valence-electron chi connectivity index (χ3n) is 4.91. The number of benzene rings is 2. The van der Waals surface area contributed by atoms with E-state index < -0.39 is 0 Å². The minimum Gasteiger partial charge on any atom is -0.371 e. The number of carbonyl (C=O) groups excluding carboxylic acids is 2. The van der Waals surface area contributed by atoms with Crippen LogP contribution in [0.25, 0.3) is 0 Å². The summed E-state index contributed by atoms with van der Waals surface area (Å²) in [5.41, 5.74) is 3.60. The summed E-state index contributed by atoms with van der Waals surface area (Å²) < 4.78 is 0. The molecule has 1 heterocycles. The van der Waals surface area contributed by atoms with E-state index in [0.717, 1.165) is 18.7 Å². The number of nitrogens with one attached hydrogen (secondary N) is 1. The molecular weight excluding hydrogens is 338 g/mol. The highest BCUT2D eigenvalue weighted by Gasteiger charge is 2.18. The fourth-order valence-corrected chi connectivity index (χ4v) is 3.44. The van der Waals surface area contributed by atoms with Crippen LogP contribution in [0.4, 0.5) is 11.4 Å². The van der Waals surface area contributed by atoms with Crippen LogP contribution in [0.3, 0.4) is 0 Å². The maximum atomic E-state index is 12.9. The maximum absolute atomic E-state index is 12.9. The van der Waals surface area contributed by atoms with E-state index in [1.807, 2.05) is 13.1 Å². The molecule has 1 fully saturated rings. The monoisotopic (exact) mass is 365 g/mol. The van der Waals surface area contributed by atoms with Gasteiger partial charge in [0.05, 0.1) is 0 Å². The van der Waals surface area contributed by atoms with Gasteiger partial charge in [-0.25, -0.2) is 0 Å². The highest BCUT2D eigenvalue weighted by Crippen LogP contribution is 2.26. The Kier molecular flexibility index (Phi) is 6.12. The van der Waals surface area contributed by atoms with Crippen molar-refractivity contribution in [2.45, 2.75) is 32.7 Å². The predicted octanol–water partition coefficient (Wildman–Crippen LogP) is 3.91. The molecule has 2 aromatic carbocycles. The number of amides is 2. The van der Waals surface area contributed by atoms with E-state index in [9.17, 15) is 9.59 Å². The maximum Gasteiger partial charge on any atom is 0.253 e. The SMILES string of the molecule is CCC(=O)Nc1cccc(C(=O)N(C)Cc2ccccc2N2CCCC2)c1. The second-order valence-electron chi connectivity index (χ2n) is 6.97. The van der Waals surface area contributed by atoms with E-state index in [1.54, 1.807) is 36.1 Å². The molecule has 1 aliphatic heterocycles. The van der Waals surface area contributed by atoms with Crippen molar-refractivity contribution in [2.75, 3.05) is 30.4 Å². The van der Waals surface area contributed by atoms with E-state index in [4.69, 9.17) is 0 Å². The first-order valence-corrected chi connectivity index (χ1v) is 9.56. The largest absolute Gasteiger partial charge is 0.371 e. The average molecular weight is 365 g/mol. The standard InChI is InChI=1S/C22H27N3O2/c1-3-21(26)23-19-11-8-10-17(15-19)22(27)24(2)16-18-9-4-5-12-20(18)25-13-6-7-14-25/h4-5,8-12,15H,3,6-7,13-14,16H2,1-2H3,(H,23,26). The summed E-state index contributed by atoms with van der Waals surface area (Å²) >= 11 is 0. The molecule has 0 saturated carbocycles. The summed E-state index contributed by atoms with van der Waals surface area (Å²) in [6.07, 6.45) is 2.85. The van der Waals surface area contributed by atoms with Gasteiger partial charge in [-0.3, -0.25) is 9.59 Å². The Morgan fingerprint density at radius 3 is 2.56 bits per heavy atom. The van der Waals surface area contributed by atoms with Crippen LogP contribution in [-0.2, 0) is 11.3 Å². The van der Waals surface area contributed by atoms with Crippen LogP contribution in [0.2, 0.25) is 0 Å². The summed E-state index contributed by atoms with van der Waals surface area (Å²) in [5.74, 6) is -0.119. The van der Waals surface area contributed by atoms with Crippen molar-refractivity contribution in [3.8, 4) is 0 Å². The Labute approximate surface area is 161 Å². The highest BCUT2D eigenvalue weighted by atomic mass is 16.2. The van der Waals surface area contributed by atoms with Gasteiger partial charge >= 0.3 is 0 Å². The van der Waals surface area contributed by atoms with Crippen LogP contribution in [0.15, 0.2) is 48.5 Å². The summed E-state index contributed by atoms with van der Waals surface area (Å²) in [7, 11) is 1.82. The van der Waals surface area contributed by atoms with Gasteiger partial charge in [0.25, 0.3) is 5.91 Å². The first kappa shape index (κ1) is 19.0. The number of hydrogen-bond acceptors (Lipinski definition) is 3. The number of para-hydroxylation sites is 1. The third kappa shape index (κ3) is 4.67. The first-order chi connectivity index (χ1) is 13.1. The third-order valence-corrected chi connectivity index (χ3v) is 4.91. The van der Waals surface area contributed by atoms with Gasteiger partial charge in [0.1, 0.15) is 0 Å². The van der Waals surface area contributed by atoms with Crippen molar-refractivity contribution < 1.29 is 9.59 Å². The first-order valence-electron chi connectivity index (χ1n) is 9.56. The molecule has 0 radical (unpaired) electrons. The minimum atomic E-state index is -0.0625. The molecule has 142 valence electrons. The van der Waals surface area contributed by atoms with Crippen LogP contribution in [-0.4, -0.2) is 36.9 Å². The van der Waals surface area contributed by atoms with Crippen molar-refractivity contribution in [1.29, 1.82) is 0 Å². The zero-order chi connectivity index (χ0) is 19.2. The smallest absolute Gasteiger partial charge is 0.253 e. The summed E-state index contributed by atoms with van der Waals surface area (Å²) in [6.45, 7) is 4.51. The van der Waals surface area contributed by atoms with E-state index in [0.29, 0.717) is 24.2 Å². The van der Waals surface area contributed by atoms with Crippen molar-refractivity contribution in [1.82, 2.24) is 4.90 Å². The number of nitrogens with zero attached hydrogens (tertiary/aromatic N) is 2. The van der Waals surface area contributed by atoms with E-state index in [2.05, 4.69) is 28.4 Å². The lowest BCUT2D eigenvalue weighted by Gasteiger charge is -2.24. The minimum absolute atomic E-state index is 0.0566. The number of hydrogen-bond donors (Lipinski definition) is 1. The van der Waals surface area contributed by atoms with E-state index in [1.165, 1.54) is 18.5 Å². The van der Waals surface area contributed by atoms with Gasteiger partial charge < -0.3 is 15.1 Å². The lowest BCUT2D eigenvalue weighted by atomic mass is 10.1. The Morgan fingerprint density at radius 1 is 1.07 bits per heavy atom. The summed E-state index contributed by atoms with van der Waals surface area (Å²) in [4.78, 5) is 28.6. The van der Waals surface area contributed by atoms with Crippen molar-refractivity contribution >= 4 is 23.2 Å². The molecule has 3 rings (SSSR count). The van der Waals surface area contributed by atoms with Gasteiger partial charge in [0.15, 0.2) is 0 Å². The van der Waals surface area contributed by atoms with Crippen molar-refractivity contribution in [3.05, 3.63) is 59.7 Å². The molecule has 2 amide bonds. The van der Waals surface area contributed by atoms with Gasteiger partial charge in [-0.2, -0.15) is 0 Å². The van der Waals surface area contributed by atoms with Gasteiger partial charge in [-0.1, -0.05) is 31.2 Å². The van der Waals surface area contributed by atoms with Gasteiger partial charge in [-0.05, 0) is 42.7 Å². The predicted molar refractivity (Wildman–Crippen MR) is 109 cm³/mol. The molecule has 0 aromatic heterocycles. The second kappa shape index (κ2) is 8.71. The molecular formula is C22H27N3O2. The van der Waals surface area contributed by atoms with Gasteiger partial charge in [-0.15, -0.1) is 0 Å². The topological polar surface area (TPSA) is 52.7 Å². The number of carbonyl (C=O) groups is 2. The zero-order valence-electron chi connectivity index (χ0n) is 16.1. The second-order valence-corrected chi connectivity index (χ2v) is 6.97. The quantitative estimate of drug-likeness (QED) is 0.844. The van der Waals surface area contributed by atoms with Crippen LogP contribution in [0.1, 0.15) is 42.1 Å². The van der Waals surface area contributed by atoms with Crippen LogP contribution < -0.4 is 10.2 Å². The Morgan fingerprint density at radius 2 is 1.81 bits per heavy atom. The lowest BCUT2D eigenvalue weighted by molar-refractivity contribution is -0.115. The number of anilines is 2. The fraction of sp³-hybridized carbons (Fsp3) is 0.364. The molecule has 1 saturated heterocycles. The van der Waals surface area contributed by atoms with Crippen molar-refractivity contribution in [2.24, 2.45) is 0 Å². The normalized spacial score (nSPS) is 13.5. The molecule has 0 spiro atoms. The molecule has 0 bridgehead atoms. The molecule has 0 aliphatic carbocycles. The molecule has 0 atom stereocenters. The van der Waals surface area contributed by atoms with E-state index in [-0.39, 0.29) is 11.8 Å². The molecule has 27 heavy (non-hydrogen) atoms. The highest BCUT2D eigenvalue weighted by molar-refractivity contribution is 5.97. The molecule has 5 nitrogen and oxygen atoms in total. The molecule has 5 heteroatoms. The molecule has 1 aliphatic rings. The Balaban J connectivity index is 1.73. The van der Waals surface area contributed by atoms with Gasteiger partial charge in [0.2, 0.25) is 5.91 Å². The van der Waals surface area contributed by atoms with Crippen molar-refractivity contribution in [3.63, 3.8) is 0 Å². The molecule has 1 N–H and O–H groups in total. The van der Waals surface area contributed by atoms with Gasteiger partial charge in [0, 0.05) is 50.0 Å². The fourth-order valence-electron chi connectivity index (χ4n) is 3.44.